The van der Waals surface area contributed by atoms with E-state index < -0.39 is 21.5 Å². The summed E-state index contributed by atoms with van der Waals surface area (Å²) in [5.41, 5.74) is 0. The number of rotatable bonds is 20. The first-order chi connectivity index (χ1) is 12.9. The molecule has 0 aromatic heterocycles. The van der Waals surface area contributed by atoms with Gasteiger partial charge in [0.25, 0.3) is 0 Å². The molecular weight excluding hydrogens is 399 g/mol. The van der Waals surface area contributed by atoms with Crippen molar-refractivity contribution in [2.75, 3.05) is 0 Å². The second kappa shape index (κ2) is 21.7. The molecule has 0 aliphatic carbocycles. The zero-order valence-electron chi connectivity index (χ0n) is 19.0. The van der Waals surface area contributed by atoms with E-state index in [4.69, 9.17) is 0 Å². The second-order valence-electron chi connectivity index (χ2n) is 8.28. The van der Waals surface area contributed by atoms with E-state index in [0.717, 1.165) is 12.8 Å². The number of hydrogen-bond donors (Lipinski definition) is 1. The molecule has 0 radical (unpaired) electrons. The van der Waals surface area contributed by atoms with E-state index >= 15 is 0 Å². The van der Waals surface area contributed by atoms with Crippen LogP contribution < -0.4 is 51.4 Å². The predicted molar refractivity (Wildman–Crippen MR) is 114 cm³/mol. The fraction of sp³-hybridized carbons (Fsp3) is 1.00. The SMILES string of the molecule is CCCCCCCCCCCCCCCCCCC(O)CC(C)S(=O)(=O)[O-].[K+]. The topological polar surface area (TPSA) is 77.4 Å². The van der Waals surface area contributed by atoms with E-state index in [-0.39, 0.29) is 57.8 Å². The Labute approximate surface area is 218 Å². The monoisotopic (exact) mass is 444 g/mol. The van der Waals surface area contributed by atoms with Crippen LogP contribution in [0.1, 0.15) is 129 Å². The van der Waals surface area contributed by atoms with Crippen LogP contribution in [0.3, 0.4) is 0 Å². The smallest absolute Gasteiger partial charge is 0.748 e. The van der Waals surface area contributed by atoms with E-state index in [0.29, 0.717) is 6.42 Å². The Morgan fingerprint density at radius 3 is 1.36 bits per heavy atom. The van der Waals surface area contributed by atoms with E-state index in [1.165, 1.54) is 96.8 Å². The van der Waals surface area contributed by atoms with Crippen LogP contribution >= 0.6 is 0 Å². The van der Waals surface area contributed by atoms with Gasteiger partial charge in [-0.25, -0.2) is 8.42 Å². The summed E-state index contributed by atoms with van der Waals surface area (Å²) < 4.78 is 32.5. The van der Waals surface area contributed by atoms with Crippen LogP contribution in [0.5, 0.6) is 0 Å². The Morgan fingerprint density at radius 2 is 1.04 bits per heavy atom. The summed E-state index contributed by atoms with van der Waals surface area (Å²) in [5, 5.41) is 8.80. The van der Waals surface area contributed by atoms with Crippen LogP contribution in [0.2, 0.25) is 0 Å². The van der Waals surface area contributed by atoms with Crippen molar-refractivity contribution in [1.29, 1.82) is 0 Å². The van der Waals surface area contributed by atoms with E-state index in [1.807, 2.05) is 0 Å². The van der Waals surface area contributed by atoms with Crippen LogP contribution in [0.4, 0.5) is 0 Å². The summed E-state index contributed by atoms with van der Waals surface area (Å²) >= 11 is 0. The predicted octanol–water partition coefficient (Wildman–Crippen LogP) is 3.33. The first-order valence-electron chi connectivity index (χ1n) is 11.5. The molecule has 0 aromatic rings. The van der Waals surface area contributed by atoms with Crippen molar-refractivity contribution in [3.05, 3.63) is 0 Å². The third kappa shape index (κ3) is 22.2. The molecule has 28 heavy (non-hydrogen) atoms. The Bertz CT molecular complexity index is 415. The van der Waals surface area contributed by atoms with Gasteiger partial charge in [0.15, 0.2) is 0 Å². The quantitative estimate of drug-likeness (QED) is 0.177. The molecule has 0 heterocycles. The maximum Gasteiger partial charge on any atom is 1.00 e. The Kier molecular flexibility index (Phi) is 24.6. The Hall–Kier alpha value is 1.51. The van der Waals surface area contributed by atoms with Gasteiger partial charge in [-0.3, -0.25) is 0 Å². The second-order valence-corrected chi connectivity index (χ2v) is 10.1. The summed E-state index contributed by atoms with van der Waals surface area (Å²) in [5.74, 6) is 0. The Balaban J connectivity index is 0. The number of aliphatic hydroxyl groups excluding tert-OH is 1. The molecule has 1 N–H and O–H groups in total. The van der Waals surface area contributed by atoms with Gasteiger partial charge in [0.1, 0.15) is 0 Å². The molecule has 6 heteroatoms. The van der Waals surface area contributed by atoms with Gasteiger partial charge in [0.2, 0.25) is 0 Å². The standard InChI is InChI=1S/C22H46O4S.K/c1-3-4-5-6-7-8-9-10-11-12-13-14-15-16-17-18-19-22(23)20-21(2)27(24,25)26;/h21-23H,3-20H2,1-2H3,(H,24,25,26);/q;+1/p-1. The molecule has 0 aliphatic heterocycles. The molecule has 0 rings (SSSR count). The summed E-state index contributed by atoms with van der Waals surface area (Å²) in [7, 11) is -4.27. The van der Waals surface area contributed by atoms with Crippen LogP contribution in [0.25, 0.3) is 0 Å². The minimum atomic E-state index is -4.27. The van der Waals surface area contributed by atoms with Gasteiger partial charge in [0, 0.05) is 5.25 Å². The maximum absolute atomic E-state index is 10.8. The minimum absolute atomic E-state index is 0. The fourth-order valence-corrected chi connectivity index (χ4v) is 4.00. The van der Waals surface area contributed by atoms with E-state index in [2.05, 4.69) is 6.92 Å². The van der Waals surface area contributed by atoms with Crippen molar-refractivity contribution in [2.24, 2.45) is 0 Å². The van der Waals surface area contributed by atoms with Gasteiger partial charge >= 0.3 is 51.4 Å². The fourth-order valence-electron chi connectivity index (χ4n) is 3.55. The molecule has 0 amide bonds. The summed E-state index contributed by atoms with van der Waals surface area (Å²) in [6, 6.07) is 0. The average molecular weight is 445 g/mol. The molecule has 0 aliphatic rings. The van der Waals surface area contributed by atoms with Gasteiger partial charge in [-0.1, -0.05) is 110 Å². The number of hydrogen-bond acceptors (Lipinski definition) is 4. The van der Waals surface area contributed by atoms with Crippen LogP contribution in [0.15, 0.2) is 0 Å². The first-order valence-corrected chi connectivity index (χ1v) is 13.0. The molecule has 4 nitrogen and oxygen atoms in total. The van der Waals surface area contributed by atoms with Crippen molar-refractivity contribution < 1.29 is 69.5 Å². The summed E-state index contributed by atoms with van der Waals surface area (Å²) in [4.78, 5) is 0. The largest absolute Gasteiger partial charge is 1.00 e. The average Bonchev–Trinajstić information content (AvgIpc) is 2.60. The van der Waals surface area contributed by atoms with Gasteiger partial charge in [-0.2, -0.15) is 0 Å². The van der Waals surface area contributed by atoms with Crippen LogP contribution in [-0.2, 0) is 10.1 Å². The van der Waals surface area contributed by atoms with Crippen LogP contribution in [0, 0.1) is 0 Å². The zero-order valence-corrected chi connectivity index (χ0v) is 22.9. The van der Waals surface area contributed by atoms with Gasteiger partial charge in [-0.05, 0) is 19.8 Å². The molecule has 0 fully saturated rings. The number of unbranched alkanes of at least 4 members (excludes halogenated alkanes) is 15. The first kappa shape index (κ1) is 31.7. The minimum Gasteiger partial charge on any atom is -0.748 e. The molecule has 0 saturated heterocycles. The molecule has 0 aromatic carbocycles. The molecule has 164 valence electrons. The van der Waals surface area contributed by atoms with E-state index in [1.54, 1.807) is 0 Å². The third-order valence-electron chi connectivity index (χ3n) is 5.49. The Morgan fingerprint density at radius 1 is 0.714 bits per heavy atom. The summed E-state index contributed by atoms with van der Waals surface area (Å²) in [6.07, 6.45) is 20.9. The van der Waals surface area contributed by atoms with Gasteiger partial charge < -0.3 is 9.66 Å². The molecule has 2 atom stereocenters. The molecule has 0 spiro atoms. The van der Waals surface area contributed by atoms with Gasteiger partial charge in [-0.15, -0.1) is 0 Å². The molecule has 0 bridgehead atoms. The van der Waals surface area contributed by atoms with Crippen molar-refractivity contribution in [3.8, 4) is 0 Å². The third-order valence-corrected chi connectivity index (χ3v) is 6.67. The zero-order chi connectivity index (χ0) is 20.4. The van der Waals surface area contributed by atoms with Crippen molar-refractivity contribution in [1.82, 2.24) is 0 Å². The summed E-state index contributed by atoms with van der Waals surface area (Å²) in [6.45, 7) is 3.64. The van der Waals surface area contributed by atoms with E-state index in [9.17, 15) is 18.1 Å². The molecular formula is C22H45KO4S. The van der Waals surface area contributed by atoms with Crippen molar-refractivity contribution in [3.63, 3.8) is 0 Å². The van der Waals surface area contributed by atoms with Gasteiger partial charge in [0.05, 0.1) is 16.2 Å². The van der Waals surface area contributed by atoms with Crippen LogP contribution in [-0.4, -0.2) is 29.4 Å². The number of aliphatic hydroxyl groups is 1. The normalized spacial score (nSPS) is 13.9. The van der Waals surface area contributed by atoms with Crippen molar-refractivity contribution in [2.45, 2.75) is 141 Å². The molecule has 0 saturated carbocycles. The molecule has 2 unspecified atom stereocenters. The van der Waals surface area contributed by atoms with Crippen molar-refractivity contribution >= 4 is 10.1 Å². The maximum atomic E-state index is 10.8.